The quantitative estimate of drug-likeness (QED) is 0.802. The molecule has 0 aliphatic heterocycles. The van der Waals surface area contributed by atoms with Crippen molar-refractivity contribution in [2.24, 2.45) is 5.92 Å². The van der Waals surface area contributed by atoms with Crippen LogP contribution in [0, 0.1) is 5.92 Å². The molecule has 2 aromatic rings. The van der Waals surface area contributed by atoms with Gasteiger partial charge < -0.3 is 11.1 Å². The second-order valence-corrected chi connectivity index (χ2v) is 5.75. The van der Waals surface area contributed by atoms with Crippen molar-refractivity contribution in [3.05, 3.63) is 30.5 Å². The van der Waals surface area contributed by atoms with Gasteiger partial charge in [0.15, 0.2) is 0 Å². The van der Waals surface area contributed by atoms with Crippen molar-refractivity contribution in [1.82, 2.24) is 4.98 Å². The fourth-order valence-electron chi connectivity index (χ4n) is 3.08. The first-order valence-corrected chi connectivity index (χ1v) is 7.13. The van der Waals surface area contributed by atoms with Crippen LogP contribution >= 0.6 is 0 Å². The summed E-state index contributed by atoms with van der Waals surface area (Å²) in [4.78, 5) is 4.39. The van der Waals surface area contributed by atoms with Gasteiger partial charge in [-0.2, -0.15) is 0 Å². The summed E-state index contributed by atoms with van der Waals surface area (Å²) in [6, 6.07) is 8.60. The van der Waals surface area contributed by atoms with Crippen molar-refractivity contribution in [1.29, 1.82) is 0 Å². The monoisotopic (exact) mass is 255 g/mol. The number of nitrogens with zero attached hydrogens (tertiary/aromatic N) is 1. The Bertz CT molecular complexity index is 579. The lowest BCUT2D eigenvalue weighted by molar-refractivity contribution is 0.359. The van der Waals surface area contributed by atoms with E-state index in [1.54, 1.807) is 0 Å². The number of pyridine rings is 1. The Morgan fingerprint density at radius 1 is 1.26 bits per heavy atom. The fourth-order valence-corrected chi connectivity index (χ4v) is 3.08. The summed E-state index contributed by atoms with van der Waals surface area (Å²) in [5, 5.41) is 4.85. The minimum atomic E-state index is 0.590. The number of nitrogens with two attached hydrogens (primary N) is 1. The zero-order valence-electron chi connectivity index (χ0n) is 11.4. The van der Waals surface area contributed by atoms with Gasteiger partial charge in [-0.15, -0.1) is 0 Å². The highest BCUT2D eigenvalue weighted by atomic mass is 14.9. The molecule has 100 valence electrons. The Balaban J connectivity index is 1.88. The third-order valence-electron chi connectivity index (χ3n) is 4.06. The van der Waals surface area contributed by atoms with Crippen molar-refractivity contribution < 1.29 is 0 Å². The summed E-state index contributed by atoms with van der Waals surface area (Å²) in [6.45, 7) is 2.35. The zero-order valence-corrected chi connectivity index (χ0v) is 11.4. The van der Waals surface area contributed by atoms with Crippen LogP contribution in [-0.2, 0) is 0 Å². The first kappa shape index (κ1) is 12.3. The average molecular weight is 255 g/mol. The molecule has 3 N–H and O–H groups in total. The van der Waals surface area contributed by atoms with E-state index in [9.17, 15) is 0 Å². The Labute approximate surface area is 114 Å². The molecule has 1 aromatic carbocycles. The van der Waals surface area contributed by atoms with Gasteiger partial charge in [0.1, 0.15) is 0 Å². The molecule has 19 heavy (non-hydrogen) atoms. The molecule has 1 aromatic heterocycles. The number of benzene rings is 1. The van der Waals surface area contributed by atoms with Crippen LogP contribution in [0.3, 0.4) is 0 Å². The highest BCUT2D eigenvalue weighted by Gasteiger charge is 2.19. The van der Waals surface area contributed by atoms with Gasteiger partial charge in [-0.05, 0) is 43.0 Å². The number of hydrogen-bond donors (Lipinski definition) is 2. The maximum atomic E-state index is 5.82. The molecule has 2 atom stereocenters. The Hall–Kier alpha value is -1.77. The van der Waals surface area contributed by atoms with E-state index >= 15 is 0 Å². The topological polar surface area (TPSA) is 50.9 Å². The number of nitrogen functional groups attached to an aromatic ring is 1. The van der Waals surface area contributed by atoms with E-state index in [1.807, 2.05) is 18.3 Å². The number of fused-ring (bicyclic) bond motifs is 1. The van der Waals surface area contributed by atoms with E-state index in [0.29, 0.717) is 6.04 Å². The largest absolute Gasteiger partial charge is 0.399 e. The summed E-state index contributed by atoms with van der Waals surface area (Å²) >= 11 is 0. The molecule has 1 heterocycles. The van der Waals surface area contributed by atoms with Crippen molar-refractivity contribution in [2.75, 3.05) is 11.1 Å². The van der Waals surface area contributed by atoms with Crippen molar-refractivity contribution in [2.45, 2.75) is 38.6 Å². The molecule has 0 bridgehead atoms. The molecule has 3 heteroatoms. The average Bonchev–Trinajstić information content (AvgIpc) is 2.38. The third kappa shape index (κ3) is 2.65. The Kier molecular flexibility index (Phi) is 3.28. The lowest BCUT2D eigenvalue weighted by Gasteiger charge is -2.28. The molecule has 2 unspecified atom stereocenters. The molecule has 0 amide bonds. The van der Waals surface area contributed by atoms with Crippen molar-refractivity contribution >= 4 is 22.3 Å². The van der Waals surface area contributed by atoms with E-state index in [-0.39, 0.29) is 0 Å². The van der Waals surface area contributed by atoms with Gasteiger partial charge in [0.05, 0.1) is 5.52 Å². The Morgan fingerprint density at radius 2 is 2.16 bits per heavy atom. The highest BCUT2D eigenvalue weighted by molar-refractivity contribution is 5.92. The summed E-state index contributed by atoms with van der Waals surface area (Å²) in [6.07, 6.45) is 7.08. The maximum absolute atomic E-state index is 5.82. The van der Waals surface area contributed by atoms with E-state index in [4.69, 9.17) is 5.73 Å². The van der Waals surface area contributed by atoms with Gasteiger partial charge in [0.2, 0.25) is 0 Å². The first-order valence-electron chi connectivity index (χ1n) is 7.13. The number of rotatable bonds is 2. The molecule has 3 nitrogen and oxygen atoms in total. The summed E-state index contributed by atoms with van der Waals surface area (Å²) in [5.41, 5.74) is 8.73. The fraction of sp³-hybridized carbons (Fsp3) is 0.438. The molecule has 0 spiro atoms. The lowest BCUT2D eigenvalue weighted by atomic mass is 9.87. The van der Waals surface area contributed by atoms with E-state index in [1.165, 1.54) is 31.4 Å². The normalized spacial score (nSPS) is 23.4. The summed E-state index contributed by atoms with van der Waals surface area (Å²) in [7, 11) is 0. The van der Waals surface area contributed by atoms with Crippen LogP contribution in [0.5, 0.6) is 0 Å². The Morgan fingerprint density at radius 3 is 3.00 bits per heavy atom. The van der Waals surface area contributed by atoms with Crippen LogP contribution in [0.1, 0.15) is 32.6 Å². The van der Waals surface area contributed by atoms with Crippen LogP contribution in [0.4, 0.5) is 11.4 Å². The maximum Gasteiger partial charge on any atom is 0.0743 e. The third-order valence-corrected chi connectivity index (χ3v) is 4.06. The van der Waals surface area contributed by atoms with E-state index in [0.717, 1.165) is 22.5 Å². The van der Waals surface area contributed by atoms with Crippen molar-refractivity contribution in [3.8, 4) is 0 Å². The molecule has 1 aliphatic rings. The molecule has 0 saturated heterocycles. The molecular weight excluding hydrogens is 234 g/mol. The minimum Gasteiger partial charge on any atom is -0.399 e. The van der Waals surface area contributed by atoms with Crippen molar-refractivity contribution in [3.63, 3.8) is 0 Å². The van der Waals surface area contributed by atoms with Gasteiger partial charge in [-0.25, -0.2) is 0 Å². The van der Waals surface area contributed by atoms with E-state index < -0.39 is 0 Å². The standard InChI is InChI=1S/C16H21N3/c1-11-3-2-4-13(9-11)19-15-7-8-18-16-10-12(17)5-6-14(15)16/h5-8,10-11,13H,2-4,9,17H2,1H3,(H,18,19). The van der Waals surface area contributed by atoms with Gasteiger partial charge in [-0.1, -0.05) is 19.8 Å². The first-order chi connectivity index (χ1) is 9.22. The van der Waals surface area contributed by atoms with Gasteiger partial charge in [-0.3, -0.25) is 4.98 Å². The van der Waals surface area contributed by atoms with Crippen LogP contribution in [-0.4, -0.2) is 11.0 Å². The van der Waals surface area contributed by atoms with E-state index in [2.05, 4.69) is 29.4 Å². The summed E-state index contributed by atoms with van der Waals surface area (Å²) < 4.78 is 0. The number of anilines is 2. The minimum absolute atomic E-state index is 0.590. The van der Waals surface area contributed by atoms with Crippen LogP contribution in [0.25, 0.3) is 10.9 Å². The SMILES string of the molecule is CC1CCCC(Nc2ccnc3cc(N)ccc23)C1. The second kappa shape index (κ2) is 5.08. The molecular formula is C16H21N3. The molecule has 3 rings (SSSR count). The zero-order chi connectivity index (χ0) is 13.2. The van der Waals surface area contributed by atoms with Gasteiger partial charge in [0, 0.05) is 29.0 Å². The number of nitrogens with one attached hydrogen (secondary N) is 1. The van der Waals surface area contributed by atoms with Crippen LogP contribution < -0.4 is 11.1 Å². The van der Waals surface area contributed by atoms with Gasteiger partial charge in [0.25, 0.3) is 0 Å². The smallest absolute Gasteiger partial charge is 0.0743 e. The second-order valence-electron chi connectivity index (χ2n) is 5.75. The predicted octanol–water partition coefficient (Wildman–Crippen LogP) is 3.81. The van der Waals surface area contributed by atoms with Crippen LogP contribution in [0.2, 0.25) is 0 Å². The highest BCUT2D eigenvalue weighted by Crippen LogP contribution is 2.29. The molecule has 0 radical (unpaired) electrons. The summed E-state index contributed by atoms with van der Waals surface area (Å²) in [5.74, 6) is 0.829. The number of hydrogen-bond acceptors (Lipinski definition) is 3. The lowest BCUT2D eigenvalue weighted by Crippen LogP contribution is -2.26. The number of aromatic nitrogens is 1. The molecule has 1 aliphatic carbocycles. The molecule has 1 saturated carbocycles. The molecule has 1 fully saturated rings. The van der Waals surface area contributed by atoms with Crippen LogP contribution in [0.15, 0.2) is 30.5 Å². The predicted molar refractivity (Wildman–Crippen MR) is 81.2 cm³/mol. The van der Waals surface area contributed by atoms with Gasteiger partial charge >= 0.3 is 0 Å².